The number of esters is 1. The minimum atomic E-state index is -4.02. The van der Waals surface area contributed by atoms with Gasteiger partial charge in [0.25, 0.3) is 0 Å². The van der Waals surface area contributed by atoms with Gasteiger partial charge in [0.2, 0.25) is 40.1 Å². The Kier molecular flexibility index (Phi) is 45.9. The van der Waals surface area contributed by atoms with Gasteiger partial charge in [-0.1, -0.05) is 48.4 Å². The number of hydrogen-bond donors (Lipinski definition) is 2. The van der Waals surface area contributed by atoms with Crippen molar-refractivity contribution in [2.75, 3.05) is 52.5 Å². The lowest BCUT2D eigenvalue weighted by Crippen LogP contribution is -2.55. The van der Waals surface area contributed by atoms with Crippen LogP contribution in [-0.4, -0.2) is 149 Å². The number of ether oxygens (including phenoxy) is 3. The van der Waals surface area contributed by atoms with E-state index >= 15 is 0 Å². The highest BCUT2D eigenvalue weighted by Gasteiger charge is 2.53. The molecule has 2 spiro atoms. The van der Waals surface area contributed by atoms with Crippen molar-refractivity contribution in [1.82, 2.24) is 17.2 Å². The summed E-state index contributed by atoms with van der Waals surface area (Å²) in [5.41, 5.74) is -0.957. The second kappa shape index (κ2) is 59.3. The van der Waals surface area contributed by atoms with Crippen LogP contribution in [0.25, 0.3) is 0 Å². The van der Waals surface area contributed by atoms with E-state index in [2.05, 4.69) is 349 Å². The number of sulfonamides is 4. The fourth-order valence-electron chi connectivity index (χ4n) is 11.1. The number of carboxylic acids is 2. The summed E-state index contributed by atoms with van der Waals surface area (Å²) in [4.78, 5) is 46.0. The Morgan fingerprint density at radius 3 is 0.746 bits per heavy atom. The van der Waals surface area contributed by atoms with Crippen LogP contribution in [0.15, 0.2) is 147 Å². The molecule has 4 heterocycles. The molecule has 4 aliphatic rings. The number of carbonyl (C=O) groups excluding carboxylic acids is 2. The Labute approximate surface area is 806 Å². The lowest BCUT2D eigenvalue weighted by Gasteiger charge is -2.42. The summed E-state index contributed by atoms with van der Waals surface area (Å²) in [6, 6.07) is 30.3. The molecule has 4 aliphatic heterocycles. The van der Waals surface area contributed by atoms with E-state index < -0.39 is 69.5 Å². The van der Waals surface area contributed by atoms with Gasteiger partial charge in [0, 0.05) is 224 Å². The first-order chi connectivity index (χ1) is 66.8. The number of Topliss-reactive ketones (excluding diaryl/α,β-unsaturated/α-hetero) is 1. The molecule has 0 radical (unpaired) electrons. The third-order valence-electron chi connectivity index (χ3n) is 17.1. The van der Waals surface area contributed by atoms with Crippen LogP contribution in [0.5, 0.6) is 0 Å². The van der Waals surface area contributed by atoms with E-state index in [0.29, 0.717) is 5.56 Å². The van der Waals surface area contributed by atoms with Gasteiger partial charge in [-0.05, 0) is 294 Å². The van der Waals surface area contributed by atoms with Crippen molar-refractivity contribution in [2.45, 2.75) is 77.2 Å². The van der Waals surface area contributed by atoms with Crippen molar-refractivity contribution < 1.29 is 77.3 Å². The first-order valence-corrected chi connectivity index (χ1v) is 44.8. The molecule has 2 N–H and O–H groups in total. The zero-order chi connectivity index (χ0) is 99.7. The summed E-state index contributed by atoms with van der Waals surface area (Å²) >= 11 is 0. The van der Waals surface area contributed by atoms with E-state index in [0.717, 1.165) is 5.56 Å². The van der Waals surface area contributed by atoms with E-state index in [1.807, 2.05) is 30.3 Å². The zero-order valence-corrected chi connectivity index (χ0v) is 75.8. The number of hydrogen-bond acceptors (Lipinski definition) is 15. The highest BCUT2D eigenvalue weighted by Crippen LogP contribution is 2.41. The van der Waals surface area contributed by atoms with Gasteiger partial charge in [0.15, 0.2) is 5.78 Å². The molecule has 9 rings (SSSR count). The zero-order valence-electron chi connectivity index (χ0n) is 72.5. The largest absolute Gasteiger partial charge is 0.478 e. The summed E-state index contributed by atoms with van der Waals surface area (Å²) in [6.45, 7) is 3.91. The Morgan fingerprint density at radius 2 is 0.522 bits per heavy atom. The molecule has 0 amide bonds. The van der Waals surface area contributed by atoms with Gasteiger partial charge in [0.1, 0.15) is 18.1 Å². The molecule has 4 fully saturated rings. The molecule has 0 saturated carbocycles. The molecule has 21 nitrogen and oxygen atoms in total. The lowest BCUT2D eigenvalue weighted by atomic mass is 10.0. The van der Waals surface area contributed by atoms with Gasteiger partial charge < -0.3 is 24.4 Å². The first-order valence-electron chi connectivity index (χ1n) is 39.0. The van der Waals surface area contributed by atoms with Gasteiger partial charge in [0.05, 0.1) is 49.5 Å². The highest BCUT2D eigenvalue weighted by molar-refractivity contribution is 7.90. The maximum Gasteiger partial charge on any atom is 0.338 e. The van der Waals surface area contributed by atoms with E-state index in [-0.39, 0.29) is 127 Å². The second-order valence-corrected chi connectivity index (χ2v) is 33.0. The lowest BCUT2D eigenvalue weighted by molar-refractivity contribution is -0.0810. The minimum absolute atomic E-state index is 0.00693. The summed E-state index contributed by atoms with van der Waals surface area (Å²) < 4.78 is 129. The molecule has 4 saturated heterocycles. The number of terminal acetylenes is 3. The van der Waals surface area contributed by atoms with Gasteiger partial charge in [-0.25, -0.2) is 48.1 Å². The van der Waals surface area contributed by atoms with Crippen molar-refractivity contribution in [2.24, 2.45) is 0 Å². The summed E-state index contributed by atoms with van der Waals surface area (Å²) in [5.74, 6) is 142. The van der Waals surface area contributed by atoms with Crippen molar-refractivity contribution in [3.8, 4) is 369 Å². The van der Waals surface area contributed by atoms with Crippen LogP contribution in [0.2, 0.25) is 0 Å². The maximum atomic E-state index is 13.5. The molecule has 0 bridgehead atoms. The Morgan fingerprint density at radius 1 is 0.304 bits per heavy atom. The average Bonchev–Trinajstić information content (AvgIpc) is 1.56. The van der Waals surface area contributed by atoms with Crippen LogP contribution in [0.1, 0.15) is 86.5 Å². The summed E-state index contributed by atoms with van der Waals surface area (Å²) in [6.07, 6.45) is 15.3. The molecule has 0 unspecified atom stereocenters. The predicted molar refractivity (Wildman–Crippen MR) is 516 cm³/mol. The number of piperidine rings is 2. The van der Waals surface area contributed by atoms with E-state index in [9.17, 15) is 52.8 Å². The SMILES string of the molecule is C#CC#CC#CC#CC#CC#CC#CC#CC#CC#CC.C#CC#CC#CC#CC#CC#CC#CC#CC#CC#CC#CC#CC#CC#CC#CC#CC#CC#CC#CC#CC#C.CC(=O)c1ccc(S(=O)(=O)N2CCOC23CCN(S(=O)(=O)c2ccc(C(=O)OCc4ccccc4)cc2)CC3)cc1.O=C(O)c1ccc(S(=O)(=O)N2CCC3(CC2)OCCN3S(=O)(=O)c2ccc(C(=O)O)cc2)cc1. The van der Waals surface area contributed by atoms with Crippen LogP contribution in [0, 0.1) is 369 Å². The molecule has 656 valence electrons. The van der Waals surface area contributed by atoms with E-state index in [1.54, 1.807) is 6.92 Å². The van der Waals surface area contributed by atoms with Gasteiger partial charge >= 0.3 is 17.9 Å². The number of aromatic carboxylic acids is 2. The van der Waals surface area contributed by atoms with Crippen LogP contribution >= 0.6 is 0 Å². The molecular weight excluding hydrogens is 1810 g/mol. The Hall–Kier alpha value is -19.9. The monoisotopic (exact) mass is 1870 g/mol. The summed E-state index contributed by atoms with van der Waals surface area (Å²) in [5, 5.41) is 18.0. The first kappa shape index (κ1) is 107. The van der Waals surface area contributed by atoms with Crippen LogP contribution in [0.4, 0.5) is 0 Å². The molecule has 25 heteroatoms. The number of carbonyl (C=O) groups is 4. The Bertz CT molecular complexity index is 8180. The number of ketones is 1. The Balaban J connectivity index is 0.000000290. The third kappa shape index (κ3) is 36.9. The molecule has 5 aromatic rings. The van der Waals surface area contributed by atoms with Crippen molar-refractivity contribution in [3.63, 3.8) is 0 Å². The van der Waals surface area contributed by atoms with Gasteiger partial charge in [-0.2, -0.15) is 17.2 Å². The number of carboxylic acid groups (broad SMARTS) is 2. The average molecular weight is 1870 g/mol. The third-order valence-corrected chi connectivity index (χ3v) is 24.9. The maximum absolute atomic E-state index is 13.5. The fraction of sp³-hybridized carbons (Fsp3) is 0.150. The smallest absolute Gasteiger partial charge is 0.338 e. The van der Waals surface area contributed by atoms with Crippen molar-refractivity contribution in [1.29, 1.82) is 0 Å². The van der Waals surface area contributed by atoms with Crippen LogP contribution in [0.3, 0.4) is 0 Å². The summed E-state index contributed by atoms with van der Waals surface area (Å²) in [7, 11) is -15.8. The van der Waals surface area contributed by atoms with Gasteiger partial charge in [-0.3, -0.25) is 4.79 Å². The molecule has 0 aliphatic carbocycles. The molecule has 138 heavy (non-hydrogen) atoms. The quantitative estimate of drug-likeness (QED) is 0.0763. The highest BCUT2D eigenvalue weighted by atomic mass is 32.2. The number of benzene rings is 5. The van der Waals surface area contributed by atoms with E-state index in [1.165, 1.54) is 121 Å². The predicted octanol–water partition coefficient (Wildman–Crippen LogP) is 5.72. The molecule has 0 aromatic heterocycles. The molecular formula is C113H58N4O17S4. The standard InChI is InChI=1S/C42H2.C29H30N2O8S2.C21H22N2O9S2.C21H4/c1-3-5-7-9-11-13-15-17-19-21-23-25-27-29-31-33-35-37-39-41-42-40-38-36-34-32-30-28-26-24-22-20-18-16-14-12-10-8-6-4-2;1-22(32)24-7-11-27(12-8-24)41(36,37)31-19-20-39-29(31)15-17-30(18-16-29)40(34,35)26-13-9-25(10-14-26)28(33)38-21-23-5-3-2-4-6-23;24-19(25)15-1-5-17(6-2-15)33(28,29)22-11-9-21(10-12-22)23(13-14-32-21)34(30,31)18-7-3-16(4-8-18)20(26)27;1-3-5-7-9-11-13-15-17-19-21-20-18-16-14-12-10-8-6-4-2/h1-2H;2-14H,15-21H2,1H3;1-8H,9-14H2,(H,24,25)(H,26,27);1H,2H3. The molecule has 5 aromatic carbocycles. The molecule has 0 atom stereocenters. The topological polar surface area (TPSA) is 286 Å². The van der Waals surface area contributed by atoms with Crippen LogP contribution in [-0.2, 0) is 60.9 Å². The number of rotatable bonds is 14. The van der Waals surface area contributed by atoms with E-state index in [4.69, 9.17) is 43.7 Å². The van der Waals surface area contributed by atoms with Crippen molar-refractivity contribution >= 4 is 63.8 Å². The fourth-order valence-corrected chi connectivity index (χ4v) is 17.4. The second-order valence-electron chi connectivity index (χ2n) is 25.4. The van der Waals surface area contributed by atoms with Crippen LogP contribution < -0.4 is 0 Å². The normalized spacial score (nSPS) is 11.8. The van der Waals surface area contributed by atoms with Crippen molar-refractivity contribution in [3.05, 3.63) is 155 Å². The minimum Gasteiger partial charge on any atom is -0.478 e. The number of nitrogens with zero attached hydrogens (tertiary/aromatic N) is 4. The van der Waals surface area contributed by atoms with Gasteiger partial charge in [-0.15, -0.1) is 19.3 Å².